The molecule has 0 fully saturated rings. The number of nitrogens with one attached hydrogen (secondary N) is 1. The van der Waals surface area contributed by atoms with Crippen molar-refractivity contribution in [2.75, 3.05) is 6.54 Å². The number of nitro groups is 1. The van der Waals surface area contributed by atoms with Crippen molar-refractivity contribution in [3.05, 3.63) is 28.0 Å². The lowest BCUT2D eigenvalue weighted by Crippen LogP contribution is -2.29. The summed E-state index contributed by atoms with van der Waals surface area (Å²) in [5, 5.41) is 13.1. The Bertz CT molecular complexity index is 430. The summed E-state index contributed by atoms with van der Waals surface area (Å²) in [4.78, 5) is 21.5. The average Bonchev–Trinajstić information content (AvgIpc) is 2.74. The second-order valence-corrected chi connectivity index (χ2v) is 5.63. The van der Waals surface area contributed by atoms with Crippen molar-refractivity contribution >= 4 is 27.7 Å². The SMILES string of the molecule is CC(C)CC(Br)CNC(=O)c1ccc([N+](=O)[O-])o1. The first-order chi connectivity index (χ1) is 8.40. The van der Waals surface area contributed by atoms with Gasteiger partial charge in [-0.1, -0.05) is 29.8 Å². The lowest BCUT2D eigenvalue weighted by molar-refractivity contribution is -0.402. The number of rotatable bonds is 6. The van der Waals surface area contributed by atoms with Gasteiger partial charge in [0, 0.05) is 11.4 Å². The van der Waals surface area contributed by atoms with Crippen LogP contribution in [-0.4, -0.2) is 22.2 Å². The van der Waals surface area contributed by atoms with Crippen LogP contribution >= 0.6 is 15.9 Å². The average molecular weight is 319 g/mol. The third-order valence-corrected chi connectivity index (χ3v) is 2.90. The molecule has 6 nitrogen and oxygen atoms in total. The lowest BCUT2D eigenvalue weighted by Gasteiger charge is -2.12. The number of nitrogens with zero attached hydrogens (tertiary/aromatic N) is 1. The first kappa shape index (κ1) is 14.7. The third-order valence-electron chi connectivity index (χ3n) is 2.21. The first-order valence-electron chi connectivity index (χ1n) is 5.56. The van der Waals surface area contributed by atoms with Gasteiger partial charge in [-0.05, 0) is 18.4 Å². The van der Waals surface area contributed by atoms with Crippen molar-refractivity contribution in [3.8, 4) is 0 Å². The Hall–Kier alpha value is -1.37. The number of amides is 1. The smallest absolute Gasteiger partial charge is 0.395 e. The van der Waals surface area contributed by atoms with E-state index in [1.54, 1.807) is 0 Å². The van der Waals surface area contributed by atoms with E-state index < -0.39 is 16.7 Å². The molecule has 18 heavy (non-hydrogen) atoms. The van der Waals surface area contributed by atoms with Crippen LogP contribution in [0, 0.1) is 16.0 Å². The van der Waals surface area contributed by atoms with Gasteiger partial charge in [0.1, 0.15) is 4.92 Å². The summed E-state index contributed by atoms with van der Waals surface area (Å²) in [6.07, 6.45) is 0.929. The molecule has 0 aromatic carbocycles. The maximum Gasteiger partial charge on any atom is 0.433 e. The van der Waals surface area contributed by atoms with Gasteiger partial charge >= 0.3 is 5.88 Å². The van der Waals surface area contributed by atoms with E-state index in [9.17, 15) is 14.9 Å². The highest BCUT2D eigenvalue weighted by molar-refractivity contribution is 9.09. The summed E-state index contributed by atoms with van der Waals surface area (Å²) in [5.41, 5.74) is 0. The minimum Gasteiger partial charge on any atom is -0.395 e. The fourth-order valence-corrected chi connectivity index (χ4v) is 2.34. The van der Waals surface area contributed by atoms with Crippen molar-refractivity contribution in [2.45, 2.75) is 25.1 Å². The molecule has 0 aliphatic heterocycles. The predicted molar refractivity (Wildman–Crippen MR) is 69.9 cm³/mol. The van der Waals surface area contributed by atoms with Crippen LogP contribution in [0.15, 0.2) is 16.5 Å². The van der Waals surface area contributed by atoms with Crippen LogP contribution in [0.1, 0.15) is 30.8 Å². The van der Waals surface area contributed by atoms with Gasteiger partial charge in [-0.15, -0.1) is 0 Å². The first-order valence-corrected chi connectivity index (χ1v) is 6.48. The van der Waals surface area contributed by atoms with Crippen molar-refractivity contribution in [1.82, 2.24) is 5.32 Å². The Balaban J connectivity index is 2.47. The molecule has 0 bridgehead atoms. The molecule has 0 aliphatic carbocycles. The molecule has 0 radical (unpaired) electrons. The Labute approximate surface area is 113 Å². The number of alkyl halides is 1. The summed E-state index contributed by atoms with van der Waals surface area (Å²) in [6.45, 7) is 4.63. The van der Waals surface area contributed by atoms with Crippen LogP contribution in [0.5, 0.6) is 0 Å². The van der Waals surface area contributed by atoms with Gasteiger partial charge in [0.2, 0.25) is 0 Å². The molecule has 0 saturated carbocycles. The molecule has 1 rings (SSSR count). The van der Waals surface area contributed by atoms with E-state index in [2.05, 4.69) is 35.1 Å². The van der Waals surface area contributed by atoms with Gasteiger partial charge in [-0.2, -0.15) is 0 Å². The molecular weight excluding hydrogens is 304 g/mol. The molecule has 1 aromatic rings. The fraction of sp³-hybridized carbons (Fsp3) is 0.545. The number of halogens is 1. The van der Waals surface area contributed by atoms with Crippen molar-refractivity contribution in [2.24, 2.45) is 5.92 Å². The topological polar surface area (TPSA) is 85.4 Å². The Kier molecular flexibility index (Phi) is 5.33. The van der Waals surface area contributed by atoms with Crippen LogP contribution in [0.4, 0.5) is 5.88 Å². The third kappa shape index (κ3) is 4.48. The summed E-state index contributed by atoms with van der Waals surface area (Å²) >= 11 is 3.45. The highest BCUT2D eigenvalue weighted by atomic mass is 79.9. The quantitative estimate of drug-likeness (QED) is 0.496. The second kappa shape index (κ2) is 6.53. The second-order valence-electron chi connectivity index (χ2n) is 4.33. The molecule has 1 atom stereocenters. The molecule has 1 unspecified atom stereocenters. The van der Waals surface area contributed by atoms with Crippen molar-refractivity contribution in [3.63, 3.8) is 0 Å². The minimum atomic E-state index is -0.678. The number of hydrogen-bond acceptors (Lipinski definition) is 4. The van der Waals surface area contributed by atoms with Gasteiger partial charge in [0.05, 0.1) is 6.07 Å². The molecule has 1 N–H and O–H groups in total. The Morgan fingerprint density at radius 2 is 2.22 bits per heavy atom. The monoisotopic (exact) mass is 318 g/mol. The maximum absolute atomic E-state index is 11.6. The maximum atomic E-state index is 11.6. The minimum absolute atomic E-state index is 0.0500. The molecule has 1 amide bonds. The molecule has 1 heterocycles. The molecular formula is C11H15BrN2O4. The van der Waals surface area contributed by atoms with Gasteiger partial charge < -0.3 is 9.73 Å². The Morgan fingerprint density at radius 3 is 2.72 bits per heavy atom. The summed E-state index contributed by atoms with van der Waals surface area (Å²) in [5.74, 6) is -0.407. The number of carbonyl (C=O) groups is 1. The normalized spacial score (nSPS) is 12.4. The van der Waals surface area contributed by atoms with Gasteiger partial charge in [0.15, 0.2) is 5.76 Å². The van der Waals surface area contributed by atoms with E-state index in [0.29, 0.717) is 12.5 Å². The largest absolute Gasteiger partial charge is 0.433 e. The number of hydrogen-bond donors (Lipinski definition) is 1. The zero-order chi connectivity index (χ0) is 13.7. The van der Waals surface area contributed by atoms with Crippen LogP contribution in [0.3, 0.4) is 0 Å². The van der Waals surface area contributed by atoms with Crippen LogP contribution < -0.4 is 5.32 Å². The van der Waals surface area contributed by atoms with Crippen molar-refractivity contribution < 1.29 is 14.1 Å². The fourth-order valence-electron chi connectivity index (χ4n) is 1.43. The zero-order valence-electron chi connectivity index (χ0n) is 10.2. The van der Waals surface area contributed by atoms with E-state index in [4.69, 9.17) is 4.42 Å². The van der Waals surface area contributed by atoms with E-state index in [1.807, 2.05) is 0 Å². The van der Waals surface area contributed by atoms with Gasteiger partial charge in [0.25, 0.3) is 5.91 Å². The van der Waals surface area contributed by atoms with E-state index in [0.717, 1.165) is 12.5 Å². The van der Waals surface area contributed by atoms with Crippen LogP contribution in [0.25, 0.3) is 0 Å². The van der Waals surface area contributed by atoms with E-state index in [-0.39, 0.29) is 10.6 Å². The molecule has 7 heteroatoms. The summed E-state index contributed by atoms with van der Waals surface area (Å²) in [6, 6.07) is 2.45. The standard InChI is InChI=1S/C11H15BrN2O4/c1-7(2)5-8(12)6-13-11(15)9-3-4-10(18-9)14(16)17/h3-4,7-8H,5-6H2,1-2H3,(H,13,15). The van der Waals surface area contributed by atoms with Crippen LogP contribution in [-0.2, 0) is 0 Å². The highest BCUT2D eigenvalue weighted by Gasteiger charge is 2.17. The van der Waals surface area contributed by atoms with Gasteiger partial charge in [-0.3, -0.25) is 14.9 Å². The predicted octanol–water partition coefficient (Wildman–Crippen LogP) is 2.73. The molecule has 0 saturated heterocycles. The summed E-state index contributed by atoms with van der Waals surface area (Å²) in [7, 11) is 0. The van der Waals surface area contributed by atoms with E-state index >= 15 is 0 Å². The number of furan rings is 1. The molecule has 1 aromatic heterocycles. The van der Waals surface area contributed by atoms with Crippen LogP contribution in [0.2, 0.25) is 0 Å². The highest BCUT2D eigenvalue weighted by Crippen LogP contribution is 2.16. The molecule has 0 spiro atoms. The molecule has 100 valence electrons. The number of carbonyl (C=O) groups excluding carboxylic acids is 1. The zero-order valence-corrected chi connectivity index (χ0v) is 11.8. The Morgan fingerprint density at radius 1 is 1.56 bits per heavy atom. The molecule has 0 aliphatic rings. The summed E-state index contributed by atoms with van der Waals surface area (Å²) < 4.78 is 4.79. The van der Waals surface area contributed by atoms with E-state index in [1.165, 1.54) is 6.07 Å². The lowest BCUT2D eigenvalue weighted by atomic mass is 10.1. The van der Waals surface area contributed by atoms with Crippen molar-refractivity contribution in [1.29, 1.82) is 0 Å². The van der Waals surface area contributed by atoms with Gasteiger partial charge in [-0.25, -0.2) is 0 Å².